The third-order valence-corrected chi connectivity index (χ3v) is 4.24. The van der Waals surface area contributed by atoms with Gasteiger partial charge in [0.1, 0.15) is 12.1 Å². The molecule has 1 unspecified atom stereocenters. The number of phenols is 1. The van der Waals surface area contributed by atoms with Gasteiger partial charge in [-0.25, -0.2) is 4.39 Å². The summed E-state index contributed by atoms with van der Waals surface area (Å²) in [4.78, 5) is 49.6. The minimum atomic E-state index is -1.71. The van der Waals surface area contributed by atoms with Crippen LogP contribution >= 0.6 is 0 Å². The number of fused-ring (bicyclic) bond motifs is 1. The molecule has 1 aliphatic carbocycles. The van der Waals surface area contributed by atoms with Crippen LogP contribution in [-0.2, 0) is 24.5 Å². The zero-order valence-electron chi connectivity index (χ0n) is 15.8. The predicted octanol–water partition coefficient (Wildman–Crippen LogP) is 1.65. The van der Waals surface area contributed by atoms with Gasteiger partial charge < -0.3 is 15.2 Å². The molecule has 1 atom stereocenters. The van der Waals surface area contributed by atoms with Gasteiger partial charge in [-0.15, -0.1) is 0 Å². The van der Waals surface area contributed by atoms with E-state index >= 15 is 0 Å². The first-order valence-electron chi connectivity index (χ1n) is 8.37. The molecule has 0 saturated heterocycles. The van der Waals surface area contributed by atoms with E-state index in [1.165, 1.54) is 19.9 Å². The third kappa shape index (κ3) is 3.84. The van der Waals surface area contributed by atoms with Gasteiger partial charge in [0.05, 0.1) is 5.41 Å². The highest BCUT2D eigenvalue weighted by Gasteiger charge is 2.51. The number of carbonyl (C=O) groups is 4. The highest BCUT2D eigenvalue weighted by Crippen LogP contribution is 2.40. The van der Waals surface area contributed by atoms with Crippen LogP contribution in [0.4, 0.5) is 4.39 Å². The molecule has 0 radical (unpaired) electrons. The number of esters is 1. The number of rotatable bonds is 3. The Labute approximate surface area is 155 Å². The molecule has 1 aromatic rings. The van der Waals surface area contributed by atoms with E-state index in [1.807, 2.05) is 0 Å². The molecule has 1 amide bonds. The fraction of sp³-hybridized carbons (Fsp3) is 0.474. The molecule has 0 fully saturated rings. The topological polar surface area (TPSA) is 110 Å². The maximum Gasteiger partial charge on any atom is 0.325 e. The number of hydrogen-bond acceptors (Lipinski definition) is 6. The van der Waals surface area contributed by atoms with E-state index in [9.17, 15) is 28.7 Å². The lowest BCUT2D eigenvalue weighted by Gasteiger charge is -2.34. The molecule has 2 N–H and O–H groups in total. The quantitative estimate of drug-likeness (QED) is 0.610. The molecule has 8 heteroatoms. The van der Waals surface area contributed by atoms with Gasteiger partial charge in [0.15, 0.2) is 29.1 Å². The summed E-state index contributed by atoms with van der Waals surface area (Å²) in [5.41, 5.74) is -2.65. The smallest absolute Gasteiger partial charge is 0.325 e. The van der Waals surface area contributed by atoms with Gasteiger partial charge in [-0.1, -0.05) is 0 Å². The van der Waals surface area contributed by atoms with Crippen molar-refractivity contribution < 1.29 is 33.4 Å². The first-order valence-corrected chi connectivity index (χ1v) is 8.37. The Morgan fingerprint density at radius 3 is 2.41 bits per heavy atom. The summed E-state index contributed by atoms with van der Waals surface area (Å²) < 4.78 is 19.4. The normalized spacial score (nSPS) is 18.7. The lowest BCUT2D eigenvalue weighted by Crippen LogP contribution is -2.52. The van der Waals surface area contributed by atoms with Crippen LogP contribution in [0, 0.1) is 11.7 Å². The maximum absolute atomic E-state index is 14.3. The molecule has 0 bridgehead atoms. The predicted molar refractivity (Wildman–Crippen MR) is 92.8 cm³/mol. The second-order valence-electron chi connectivity index (χ2n) is 7.91. The van der Waals surface area contributed by atoms with Crippen LogP contribution in [0.25, 0.3) is 0 Å². The number of halogens is 1. The Bertz CT molecular complexity index is 837. The Balaban J connectivity index is 2.30. The zero-order chi connectivity index (χ0) is 20.7. The van der Waals surface area contributed by atoms with Gasteiger partial charge in [0.2, 0.25) is 5.91 Å². The summed E-state index contributed by atoms with van der Waals surface area (Å²) in [6.07, 6.45) is 0. The van der Waals surface area contributed by atoms with E-state index in [0.717, 1.165) is 6.07 Å². The van der Waals surface area contributed by atoms with Crippen molar-refractivity contribution >= 4 is 23.4 Å². The number of ketones is 2. The van der Waals surface area contributed by atoms with Gasteiger partial charge in [0.25, 0.3) is 0 Å². The van der Waals surface area contributed by atoms with Crippen LogP contribution in [0.15, 0.2) is 12.1 Å². The standard InChI is InChI=1S/C19H22FNO6/c1-18(2,3)27-11(23)8-21-17(26)12-15(24)9-6-7-10(22)14(20)13(9)19(4,5)16(12)25/h6-7,12,22H,8H2,1-5H3,(H,21,26). The molecule has 0 spiro atoms. The molecule has 146 valence electrons. The molecule has 2 rings (SSSR count). The average molecular weight is 379 g/mol. The van der Waals surface area contributed by atoms with Gasteiger partial charge in [-0.3, -0.25) is 19.2 Å². The van der Waals surface area contributed by atoms with Crippen LogP contribution in [-0.4, -0.2) is 40.7 Å². The SMILES string of the molecule is CC(C)(C)OC(=O)CNC(=O)C1C(=O)c2ccc(O)c(F)c2C(C)(C)C1=O. The van der Waals surface area contributed by atoms with Gasteiger partial charge >= 0.3 is 5.97 Å². The fourth-order valence-corrected chi connectivity index (χ4v) is 3.02. The highest BCUT2D eigenvalue weighted by molar-refractivity contribution is 6.29. The monoisotopic (exact) mass is 379 g/mol. The lowest BCUT2D eigenvalue weighted by molar-refractivity contribution is -0.155. The molecule has 7 nitrogen and oxygen atoms in total. The summed E-state index contributed by atoms with van der Waals surface area (Å²) in [5.74, 6) is -6.83. The zero-order valence-corrected chi connectivity index (χ0v) is 15.8. The highest BCUT2D eigenvalue weighted by atomic mass is 19.1. The fourth-order valence-electron chi connectivity index (χ4n) is 3.02. The second kappa shape index (κ2) is 6.75. The average Bonchev–Trinajstić information content (AvgIpc) is 2.52. The molecule has 0 heterocycles. The van der Waals surface area contributed by atoms with Crippen molar-refractivity contribution in [1.29, 1.82) is 0 Å². The van der Waals surface area contributed by atoms with Gasteiger partial charge in [-0.05, 0) is 46.8 Å². The maximum atomic E-state index is 14.3. The largest absolute Gasteiger partial charge is 0.505 e. The van der Waals surface area contributed by atoms with Crippen LogP contribution in [0.2, 0.25) is 0 Å². The lowest BCUT2D eigenvalue weighted by atomic mass is 9.66. The van der Waals surface area contributed by atoms with Crippen molar-refractivity contribution in [2.45, 2.75) is 45.6 Å². The molecule has 0 saturated carbocycles. The molecule has 0 aromatic heterocycles. The van der Waals surface area contributed by atoms with Crippen molar-refractivity contribution in [3.63, 3.8) is 0 Å². The third-order valence-electron chi connectivity index (χ3n) is 4.24. The van der Waals surface area contributed by atoms with Crippen molar-refractivity contribution in [2.75, 3.05) is 6.54 Å². The number of hydrogen-bond donors (Lipinski definition) is 2. The number of ether oxygens (including phenoxy) is 1. The molecular formula is C19H22FNO6. The summed E-state index contributed by atoms with van der Waals surface area (Å²) in [5, 5.41) is 11.8. The molecule has 27 heavy (non-hydrogen) atoms. The van der Waals surface area contributed by atoms with E-state index in [4.69, 9.17) is 4.74 Å². The Morgan fingerprint density at radius 2 is 1.85 bits per heavy atom. The number of benzene rings is 1. The molecular weight excluding hydrogens is 357 g/mol. The van der Waals surface area contributed by atoms with Gasteiger partial charge in [0, 0.05) is 11.1 Å². The second-order valence-corrected chi connectivity index (χ2v) is 7.91. The summed E-state index contributed by atoms with van der Waals surface area (Å²) in [6.45, 7) is 7.21. The van der Waals surface area contributed by atoms with Crippen molar-refractivity contribution in [2.24, 2.45) is 5.92 Å². The first kappa shape index (κ1) is 20.5. The summed E-state index contributed by atoms with van der Waals surface area (Å²) in [6, 6.07) is 2.17. The van der Waals surface area contributed by atoms with Crippen molar-refractivity contribution in [1.82, 2.24) is 5.32 Å². The van der Waals surface area contributed by atoms with E-state index in [2.05, 4.69) is 5.32 Å². The van der Waals surface area contributed by atoms with Gasteiger partial charge in [-0.2, -0.15) is 0 Å². The number of carbonyl (C=O) groups excluding carboxylic acids is 4. The molecule has 0 aliphatic heterocycles. The Hall–Kier alpha value is -2.77. The number of phenolic OH excluding ortho intramolecular Hbond substituents is 1. The first-order chi connectivity index (χ1) is 12.3. The van der Waals surface area contributed by atoms with Crippen LogP contribution < -0.4 is 5.32 Å². The van der Waals surface area contributed by atoms with Crippen LogP contribution in [0.1, 0.15) is 50.5 Å². The molecule has 1 aromatic carbocycles. The number of Topliss-reactive ketones (excluding diaryl/α,β-unsaturated/α-hetero) is 2. The van der Waals surface area contributed by atoms with Crippen LogP contribution in [0.5, 0.6) is 5.75 Å². The Kier molecular flexibility index (Phi) is 5.14. The van der Waals surface area contributed by atoms with Crippen molar-refractivity contribution in [3.8, 4) is 5.75 Å². The minimum Gasteiger partial charge on any atom is -0.505 e. The van der Waals surface area contributed by atoms with E-state index in [-0.39, 0.29) is 11.1 Å². The van der Waals surface area contributed by atoms with E-state index in [0.29, 0.717) is 0 Å². The number of amides is 1. The number of aromatic hydroxyl groups is 1. The summed E-state index contributed by atoms with van der Waals surface area (Å²) >= 11 is 0. The van der Waals surface area contributed by atoms with E-state index < -0.39 is 58.5 Å². The van der Waals surface area contributed by atoms with E-state index in [1.54, 1.807) is 20.8 Å². The Morgan fingerprint density at radius 1 is 1.26 bits per heavy atom. The minimum absolute atomic E-state index is 0.146. The van der Waals surface area contributed by atoms with Crippen LogP contribution in [0.3, 0.4) is 0 Å². The summed E-state index contributed by atoms with van der Waals surface area (Å²) in [7, 11) is 0. The molecule has 1 aliphatic rings. The van der Waals surface area contributed by atoms with Crippen molar-refractivity contribution in [3.05, 3.63) is 29.1 Å². The number of nitrogens with one attached hydrogen (secondary N) is 1.